The van der Waals surface area contributed by atoms with E-state index >= 15 is 0 Å². The Kier molecular flexibility index (Phi) is 2.63. The number of nitrogen functional groups attached to an aromatic ring is 1. The molecule has 0 bridgehead atoms. The first-order valence-corrected chi connectivity index (χ1v) is 6.25. The molecule has 1 fully saturated rings. The lowest BCUT2D eigenvalue weighted by atomic mass is 9.82. The number of aliphatic hydroxyl groups excluding tert-OH is 1. The predicted octanol–water partition coefficient (Wildman–Crippen LogP) is 1.35. The van der Waals surface area contributed by atoms with Crippen molar-refractivity contribution in [3.8, 4) is 0 Å². The van der Waals surface area contributed by atoms with Crippen LogP contribution in [0.1, 0.15) is 12.8 Å². The summed E-state index contributed by atoms with van der Waals surface area (Å²) in [4.78, 5) is 2.16. The molecule has 3 rings (SSSR count). The average Bonchev–Trinajstić information content (AvgIpc) is 2.72. The van der Waals surface area contributed by atoms with E-state index in [9.17, 15) is 5.11 Å². The SMILES string of the molecule is CN(CC1CC(O)C1)c1cc2[nH]ncc2cc1N. The molecule has 0 spiro atoms. The van der Waals surface area contributed by atoms with Gasteiger partial charge in [-0.1, -0.05) is 0 Å². The minimum Gasteiger partial charge on any atom is -0.397 e. The summed E-state index contributed by atoms with van der Waals surface area (Å²) in [7, 11) is 2.04. The van der Waals surface area contributed by atoms with Crippen LogP contribution >= 0.6 is 0 Å². The standard InChI is InChI=1S/C13H18N4O/c1-17(7-8-2-10(18)3-8)13-5-12-9(4-11(13)14)6-15-16-12/h4-6,8,10,18H,2-3,7,14H2,1H3,(H,15,16). The smallest absolute Gasteiger partial charge is 0.0672 e. The van der Waals surface area contributed by atoms with Crippen molar-refractivity contribution in [3.05, 3.63) is 18.3 Å². The van der Waals surface area contributed by atoms with Gasteiger partial charge in [0.05, 0.1) is 29.2 Å². The Hall–Kier alpha value is -1.75. The fourth-order valence-electron chi connectivity index (χ4n) is 2.66. The topological polar surface area (TPSA) is 78.2 Å². The molecule has 96 valence electrons. The first-order valence-electron chi connectivity index (χ1n) is 6.25. The molecule has 2 aromatic rings. The molecule has 0 unspecified atom stereocenters. The molecule has 0 atom stereocenters. The van der Waals surface area contributed by atoms with Crippen molar-refractivity contribution in [1.82, 2.24) is 10.2 Å². The second kappa shape index (κ2) is 4.17. The third-order valence-corrected chi connectivity index (χ3v) is 3.74. The molecule has 4 N–H and O–H groups in total. The summed E-state index contributed by atoms with van der Waals surface area (Å²) >= 11 is 0. The minimum absolute atomic E-state index is 0.101. The number of anilines is 2. The van der Waals surface area contributed by atoms with E-state index in [0.29, 0.717) is 5.92 Å². The van der Waals surface area contributed by atoms with E-state index in [-0.39, 0.29) is 6.10 Å². The molecule has 0 saturated heterocycles. The van der Waals surface area contributed by atoms with Crippen molar-refractivity contribution in [3.63, 3.8) is 0 Å². The van der Waals surface area contributed by atoms with Gasteiger partial charge in [-0.15, -0.1) is 0 Å². The van der Waals surface area contributed by atoms with Gasteiger partial charge in [0.25, 0.3) is 0 Å². The highest BCUT2D eigenvalue weighted by Gasteiger charge is 2.28. The number of nitrogens with zero attached hydrogens (tertiary/aromatic N) is 2. The average molecular weight is 246 g/mol. The number of fused-ring (bicyclic) bond motifs is 1. The van der Waals surface area contributed by atoms with Gasteiger partial charge < -0.3 is 15.7 Å². The third kappa shape index (κ3) is 1.90. The van der Waals surface area contributed by atoms with E-state index in [1.54, 1.807) is 6.20 Å². The molecule has 1 heterocycles. The lowest BCUT2D eigenvalue weighted by Crippen LogP contribution is -2.37. The lowest BCUT2D eigenvalue weighted by molar-refractivity contribution is 0.0465. The van der Waals surface area contributed by atoms with Crippen LogP contribution in [0.15, 0.2) is 18.3 Å². The second-order valence-corrected chi connectivity index (χ2v) is 5.24. The first kappa shape index (κ1) is 11.3. The van der Waals surface area contributed by atoms with Crippen LogP contribution in [0.25, 0.3) is 10.9 Å². The molecule has 1 aromatic carbocycles. The molecule has 0 aliphatic heterocycles. The molecule has 18 heavy (non-hydrogen) atoms. The Bertz CT molecular complexity index is 559. The number of rotatable bonds is 3. The maximum atomic E-state index is 9.31. The molecule has 0 amide bonds. The van der Waals surface area contributed by atoms with Crippen molar-refractivity contribution in [2.75, 3.05) is 24.2 Å². The highest BCUT2D eigenvalue weighted by atomic mass is 16.3. The number of hydrogen-bond acceptors (Lipinski definition) is 4. The molecule has 1 aliphatic carbocycles. The van der Waals surface area contributed by atoms with Crippen molar-refractivity contribution in [2.45, 2.75) is 18.9 Å². The molecule has 5 heteroatoms. The largest absolute Gasteiger partial charge is 0.397 e. The van der Waals surface area contributed by atoms with Gasteiger partial charge in [0, 0.05) is 19.0 Å². The fourth-order valence-corrected chi connectivity index (χ4v) is 2.66. The molecule has 1 saturated carbocycles. The number of H-pyrrole nitrogens is 1. The molecule has 0 radical (unpaired) electrons. The summed E-state index contributed by atoms with van der Waals surface area (Å²) in [5.41, 5.74) is 8.87. The highest BCUT2D eigenvalue weighted by Crippen LogP contribution is 2.32. The van der Waals surface area contributed by atoms with Crippen LogP contribution in [0.2, 0.25) is 0 Å². The minimum atomic E-state index is -0.101. The number of hydrogen-bond donors (Lipinski definition) is 3. The van der Waals surface area contributed by atoms with Crippen LogP contribution in [-0.2, 0) is 0 Å². The molecular weight excluding hydrogens is 228 g/mol. The summed E-state index contributed by atoms with van der Waals surface area (Å²) in [6, 6.07) is 3.98. The zero-order chi connectivity index (χ0) is 12.7. The summed E-state index contributed by atoms with van der Waals surface area (Å²) in [6.45, 7) is 0.931. The molecule has 1 aromatic heterocycles. The van der Waals surface area contributed by atoms with Crippen molar-refractivity contribution >= 4 is 22.3 Å². The molecule has 5 nitrogen and oxygen atoms in total. The fraction of sp³-hybridized carbons (Fsp3) is 0.462. The quantitative estimate of drug-likeness (QED) is 0.714. The van der Waals surface area contributed by atoms with E-state index in [0.717, 1.165) is 41.7 Å². The lowest BCUT2D eigenvalue weighted by Gasteiger charge is -2.35. The predicted molar refractivity (Wildman–Crippen MR) is 72.5 cm³/mol. The van der Waals surface area contributed by atoms with Gasteiger partial charge in [-0.2, -0.15) is 5.10 Å². The van der Waals surface area contributed by atoms with E-state index in [1.807, 2.05) is 19.2 Å². The number of aromatic amines is 1. The Morgan fingerprint density at radius 3 is 3.00 bits per heavy atom. The van der Waals surface area contributed by atoms with Crippen molar-refractivity contribution in [2.24, 2.45) is 5.92 Å². The van der Waals surface area contributed by atoms with E-state index in [1.165, 1.54) is 0 Å². The number of aliphatic hydroxyl groups is 1. The molecule has 1 aliphatic rings. The van der Waals surface area contributed by atoms with Crippen LogP contribution in [0.5, 0.6) is 0 Å². The number of nitrogens with one attached hydrogen (secondary N) is 1. The van der Waals surface area contributed by atoms with Crippen LogP contribution in [-0.4, -0.2) is 35.0 Å². The summed E-state index contributed by atoms with van der Waals surface area (Å²) in [5, 5.41) is 17.3. The zero-order valence-electron chi connectivity index (χ0n) is 10.4. The Balaban J connectivity index is 1.81. The van der Waals surface area contributed by atoms with Gasteiger partial charge in [0.2, 0.25) is 0 Å². The second-order valence-electron chi connectivity index (χ2n) is 5.24. The summed E-state index contributed by atoms with van der Waals surface area (Å²) < 4.78 is 0. The van der Waals surface area contributed by atoms with Gasteiger partial charge in [-0.3, -0.25) is 5.10 Å². The van der Waals surface area contributed by atoms with Gasteiger partial charge >= 0.3 is 0 Å². The van der Waals surface area contributed by atoms with Crippen LogP contribution in [0.4, 0.5) is 11.4 Å². The van der Waals surface area contributed by atoms with Crippen molar-refractivity contribution < 1.29 is 5.11 Å². The maximum absolute atomic E-state index is 9.31. The van der Waals surface area contributed by atoms with Gasteiger partial charge in [-0.25, -0.2) is 0 Å². The number of benzene rings is 1. The third-order valence-electron chi connectivity index (χ3n) is 3.74. The zero-order valence-corrected chi connectivity index (χ0v) is 10.4. The van der Waals surface area contributed by atoms with Gasteiger partial charge in [0.1, 0.15) is 0 Å². The summed E-state index contributed by atoms with van der Waals surface area (Å²) in [5.74, 6) is 0.571. The van der Waals surface area contributed by atoms with Crippen molar-refractivity contribution in [1.29, 1.82) is 0 Å². The molecular formula is C13H18N4O. The van der Waals surface area contributed by atoms with Gasteiger partial charge in [0.15, 0.2) is 0 Å². The van der Waals surface area contributed by atoms with E-state index in [4.69, 9.17) is 5.73 Å². The van der Waals surface area contributed by atoms with Gasteiger partial charge in [-0.05, 0) is 30.9 Å². The highest BCUT2D eigenvalue weighted by molar-refractivity contribution is 5.88. The number of nitrogens with two attached hydrogens (primary N) is 1. The van der Waals surface area contributed by atoms with Crippen LogP contribution in [0.3, 0.4) is 0 Å². The van der Waals surface area contributed by atoms with E-state index < -0.39 is 0 Å². The monoisotopic (exact) mass is 246 g/mol. The summed E-state index contributed by atoms with van der Waals surface area (Å²) in [6.07, 6.45) is 3.47. The first-order chi connectivity index (χ1) is 8.63. The Morgan fingerprint density at radius 1 is 1.50 bits per heavy atom. The Morgan fingerprint density at radius 2 is 2.28 bits per heavy atom. The number of aromatic nitrogens is 2. The maximum Gasteiger partial charge on any atom is 0.0672 e. The van der Waals surface area contributed by atoms with E-state index in [2.05, 4.69) is 15.1 Å². The van der Waals surface area contributed by atoms with Crippen LogP contribution in [0, 0.1) is 5.92 Å². The van der Waals surface area contributed by atoms with Crippen LogP contribution < -0.4 is 10.6 Å². The normalized spacial score (nSPS) is 23.0. The Labute approximate surface area is 106 Å².